The Kier molecular flexibility index (Phi) is 9.44. The van der Waals surface area contributed by atoms with Gasteiger partial charge >= 0.3 is 0 Å². The molecular formula is C32H44N2O6-2. The maximum absolute atomic E-state index is 13.2. The van der Waals surface area contributed by atoms with Crippen LogP contribution in [0.2, 0.25) is 0 Å². The number of allylic oxidation sites excluding steroid dienone is 2. The Morgan fingerprint density at radius 3 is 0.925 bits per heavy atom. The van der Waals surface area contributed by atoms with Crippen molar-refractivity contribution in [1.82, 2.24) is 0 Å². The molecule has 8 heteroatoms. The summed E-state index contributed by atoms with van der Waals surface area (Å²) in [5.74, 6) is -1.73. The lowest BCUT2D eigenvalue weighted by molar-refractivity contribution is -0.316. The lowest BCUT2D eigenvalue weighted by Gasteiger charge is -2.40. The number of hydrogen-bond acceptors (Lipinski definition) is 8. The summed E-state index contributed by atoms with van der Waals surface area (Å²) in [5, 5.41) is 69.9. The Morgan fingerprint density at radius 1 is 0.500 bits per heavy atom. The fourth-order valence-electron chi connectivity index (χ4n) is 5.25. The Bertz CT molecular complexity index is 1120. The van der Waals surface area contributed by atoms with E-state index < -0.39 is 11.5 Å². The SMILES string of the molecule is CC(C)CN(CC(C)C)c1cc(O)c(C2=C([O-])C(c3c(O)cc(N(CC(C)C)CC(C)C)cc3O)=C2[O-])c(O)c1. The van der Waals surface area contributed by atoms with Gasteiger partial charge in [0.15, 0.2) is 0 Å². The van der Waals surface area contributed by atoms with Gasteiger partial charge in [-0.15, -0.1) is 0 Å². The van der Waals surface area contributed by atoms with Crippen molar-refractivity contribution in [2.45, 2.75) is 55.4 Å². The van der Waals surface area contributed by atoms with Gasteiger partial charge in [0, 0.05) is 61.8 Å². The fourth-order valence-corrected chi connectivity index (χ4v) is 5.25. The van der Waals surface area contributed by atoms with Crippen LogP contribution < -0.4 is 20.0 Å². The van der Waals surface area contributed by atoms with E-state index in [1.165, 1.54) is 24.3 Å². The zero-order valence-electron chi connectivity index (χ0n) is 24.9. The van der Waals surface area contributed by atoms with Gasteiger partial charge in [0.05, 0.1) is 11.1 Å². The lowest BCUT2D eigenvalue weighted by atomic mass is 9.83. The van der Waals surface area contributed by atoms with Crippen molar-refractivity contribution >= 4 is 22.5 Å². The Balaban J connectivity index is 2.00. The van der Waals surface area contributed by atoms with E-state index in [1.54, 1.807) is 0 Å². The number of anilines is 2. The molecule has 8 nitrogen and oxygen atoms in total. The van der Waals surface area contributed by atoms with Crippen LogP contribution in [0, 0.1) is 23.7 Å². The molecule has 0 bridgehead atoms. The van der Waals surface area contributed by atoms with E-state index in [1.807, 2.05) is 9.80 Å². The van der Waals surface area contributed by atoms with Crippen molar-refractivity contribution < 1.29 is 30.6 Å². The molecule has 1 aliphatic carbocycles. The van der Waals surface area contributed by atoms with Crippen molar-refractivity contribution in [3.05, 3.63) is 46.9 Å². The van der Waals surface area contributed by atoms with Crippen LogP contribution in [0.4, 0.5) is 11.4 Å². The van der Waals surface area contributed by atoms with Crippen LogP contribution >= 0.6 is 0 Å². The van der Waals surface area contributed by atoms with E-state index in [0.717, 1.165) is 0 Å². The van der Waals surface area contributed by atoms with E-state index in [-0.39, 0.29) is 45.3 Å². The van der Waals surface area contributed by atoms with Crippen molar-refractivity contribution in [3.8, 4) is 23.0 Å². The highest BCUT2D eigenvalue weighted by molar-refractivity contribution is 6.09. The first-order valence-corrected chi connectivity index (χ1v) is 14.1. The van der Waals surface area contributed by atoms with E-state index in [2.05, 4.69) is 55.4 Å². The summed E-state index contributed by atoms with van der Waals surface area (Å²) in [4.78, 5) is 4.09. The highest BCUT2D eigenvalue weighted by Gasteiger charge is 2.29. The van der Waals surface area contributed by atoms with Crippen molar-refractivity contribution in [3.63, 3.8) is 0 Å². The number of phenols is 4. The normalized spacial score (nSPS) is 13.7. The van der Waals surface area contributed by atoms with Crippen molar-refractivity contribution in [2.24, 2.45) is 23.7 Å². The second kappa shape index (κ2) is 12.2. The molecule has 0 spiro atoms. The van der Waals surface area contributed by atoms with E-state index >= 15 is 0 Å². The molecule has 1 aliphatic rings. The van der Waals surface area contributed by atoms with Crippen LogP contribution in [0.25, 0.3) is 11.1 Å². The molecule has 0 aromatic heterocycles. The number of phenolic OH excluding ortho intramolecular Hbond substituents is 4. The van der Waals surface area contributed by atoms with Gasteiger partial charge in [-0.05, 0) is 34.8 Å². The first kappa shape index (κ1) is 30.9. The summed E-state index contributed by atoms with van der Waals surface area (Å²) in [5.41, 5.74) is -0.0638. The smallest absolute Gasteiger partial charge is 0.129 e. The zero-order chi connectivity index (χ0) is 30.0. The molecule has 2 aromatic carbocycles. The highest BCUT2D eigenvalue weighted by atomic mass is 16.3. The maximum atomic E-state index is 13.2. The molecule has 0 amide bonds. The third-order valence-electron chi connectivity index (χ3n) is 6.64. The molecule has 0 aliphatic heterocycles. The third kappa shape index (κ3) is 6.54. The van der Waals surface area contributed by atoms with Gasteiger partial charge in [-0.1, -0.05) is 66.9 Å². The van der Waals surface area contributed by atoms with Crippen LogP contribution in [0.1, 0.15) is 66.5 Å². The monoisotopic (exact) mass is 552 g/mol. The molecule has 40 heavy (non-hydrogen) atoms. The minimum Gasteiger partial charge on any atom is -0.872 e. The van der Waals surface area contributed by atoms with E-state index in [9.17, 15) is 30.6 Å². The largest absolute Gasteiger partial charge is 0.872 e. The predicted molar refractivity (Wildman–Crippen MR) is 157 cm³/mol. The van der Waals surface area contributed by atoms with Crippen molar-refractivity contribution in [1.29, 1.82) is 0 Å². The average molecular weight is 553 g/mol. The summed E-state index contributed by atoms with van der Waals surface area (Å²) >= 11 is 0. The maximum Gasteiger partial charge on any atom is 0.129 e. The molecule has 3 rings (SSSR count). The number of rotatable bonds is 12. The molecule has 0 atom stereocenters. The minimum atomic E-state index is -0.760. The molecule has 0 fully saturated rings. The van der Waals surface area contributed by atoms with Crippen molar-refractivity contribution in [2.75, 3.05) is 36.0 Å². The quantitative estimate of drug-likeness (QED) is 0.300. The first-order chi connectivity index (χ1) is 18.6. The molecule has 2 aromatic rings. The van der Waals surface area contributed by atoms with Gasteiger partial charge in [0.25, 0.3) is 0 Å². The van der Waals surface area contributed by atoms with E-state index in [4.69, 9.17) is 0 Å². The Labute approximate surface area is 238 Å². The summed E-state index contributed by atoms with van der Waals surface area (Å²) in [6.45, 7) is 19.4. The molecule has 4 N–H and O–H groups in total. The van der Waals surface area contributed by atoms with Crippen LogP contribution in [0.15, 0.2) is 35.8 Å². The minimum absolute atomic E-state index is 0.243. The number of aromatic hydroxyl groups is 4. The molecule has 0 heterocycles. The number of benzene rings is 2. The van der Waals surface area contributed by atoms with Crippen LogP contribution in [0.5, 0.6) is 23.0 Å². The predicted octanol–water partition coefficient (Wildman–Crippen LogP) is 4.60. The summed E-state index contributed by atoms with van der Waals surface area (Å²) in [7, 11) is 0. The molecule has 0 unspecified atom stereocenters. The van der Waals surface area contributed by atoms with Crippen LogP contribution in [-0.2, 0) is 0 Å². The highest BCUT2D eigenvalue weighted by Crippen LogP contribution is 2.52. The van der Waals surface area contributed by atoms with Gasteiger partial charge in [-0.3, -0.25) is 0 Å². The van der Waals surface area contributed by atoms with Gasteiger partial charge in [-0.25, -0.2) is 0 Å². The molecule has 0 saturated heterocycles. The molecule has 0 radical (unpaired) electrons. The average Bonchev–Trinajstić information content (AvgIpc) is 2.81. The molecule has 220 valence electrons. The van der Waals surface area contributed by atoms with Gasteiger partial charge in [0.1, 0.15) is 23.0 Å². The first-order valence-electron chi connectivity index (χ1n) is 14.1. The van der Waals surface area contributed by atoms with Gasteiger partial charge < -0.3 is 40.4 Å². The lowest BCUT2D eigenvalue weighted by Crippen LogP contribution is -2.31. The standard InChI is InChI=1S/C32H46N2O6/c1-17(2)13-33(14-18(3)4)21-9-23(35)27(24(36)10-21)29-31(39)30(32(29)40)28-25(37)11-22(12-26(28)38)34(15-19(5)6)16-20(7)8/h9-12,17-20,35-40H,13-16H2,1-8H3/p-2. The summed E-state index contributed by atoms with van der Waals surface area (Å²) in [6, 6.07) is 5.81. The van der Waals surface area contributed by atoms with Gasteiger partial charge in [-0.2, -0.15) is 0 Å². The number of nitrogens with zero attached hydrogens (tertiary/aromatic N) is 2. The van der Waals surface area contributed by atoms with E-state index in [0.29, 0.717) is 61.2 Å². The second-order valence-electron chi connectivity index (χ2n) is 12.5. The Morgan fingerprint density at radius 2 is 0.725 bits per heavy atom. The Hall–Kier alpha value is -3.68. The third-order valence-corrected chi connectivity index (χ3v) is 6.64. The zero-order valence-corrected chi connectivity index (χ0v) is 24.9. The fraction of sp³-hybridized carbons (Fsp3) is 0.500. The summed E-state index contributed by atoms with van der Waals surface area (Å²) in [6.07, 6.45) is 0. The topological polar surface area (TPSA) is 134 Å². The van der Waals surface area contributed by atoms with Crippen LogP contribution in [-0.4, -0.2) is 46.6 Å². The molecular weight excluding hydrogens is 508 g/mol. The van der Waals surface area contributed by atoms with Gasteiger partial charge in [0.2, 0.25) is 0 Å². The van der Waals surface area contributed by atoms with Crippen LogP contribution in [0.3, 0.4) is 0 Å². The number of hydrogen-bond donors (Lipinski definition) is 4. The molecule has 0 saturated carbocycles. The summed E-state index contributed by atoms with van der Waals surface area (Å²) < 4.78 is 0. The second-order valence-corrected chi connectivity index (χ2v) is 12.5.